The Kier molecular flexibility index (Phi) is 4.68. The number of para-hydroxylation sites is 1. The van der Waals surface area contributed by atoms with Crippen LogP contribution in [0, 0.1) is 0 Å². The molecule has 0 atom stereocenters. The topological polar surface area (TPSA) is 44.9 Å². The van der Waals surface area contributed by atoms with E-state index < -0.39 is 8.07 Å². The van der Waals surface area contributed by atoms with Crippen LogP contribution < -0.4 is 25.5 Å². The molecule has 0 amide bonds. The molecule has 2 aliphatic rings. The first-order chi connectivity index (χ1) is 21.8. The van der Waals surface area contributed by atoms with E-state index in [-0.39, 0.29) is 0 Å². The molecule has 0 unspecified atom stereocenters. The minimum Gasteiger partial charge on any atom is -0.457 e. The maximum atomic E-state index is 6.59. The van der Waals surface area contributed by atoms with Crippen molar-refractivity contribution >= 4 is 50.8 Å². The molecule has 8 aromatic rings. The monoisotopic (exact) mass is 580 g/mol. The van der Waals surface area contributed by atoms with Gasteiger partial charge in [0, 0.05) is 41.5 Å². The highest BCUT2D eigenvalue weighted by molar-refractivity contribution is 7.23. The van der Waals surface area contributed by atoms with Crippen molar-refractivity contribution in [2.45, 2.75) is 0 Å². The van der Waals surface area contributed by atoms with Gasteiger partial charge < -0.3 is 4.74 Å². The molecule has 206 valence electrons. The number of hydrogen-bond donors (Lipinski definition) is 0. The molecule has 0 radical (unpaired) electrons. The number of hydrogen-bond acceptors (Lipinski definition) is 3. The van der Waals surface area contributed by atoms with Gasteiger partial charge in [0.15, 0.2) is 8.07 Å². The van der Waals surface area contributed by atoms with Gasteiger partial charge in [-0.1, -0.05) is 78.9 Å². The third kappa shape index (κ3) is 2.97. The van der Waals surface area contributed by atoms with Crippen molar-refractivity contribution in [1.82, 2.24) is 19.3 Å². The largest absolute Gasteiger partial charge is 0.457 e. The van der Waals surface area contributed by atoms with Crippen LogP contribution in [0.3, 0.4) is 0 Å². The van der Waals surface area contributed by atoms with E-state index in [1.165, 1.54) is 48.2 Å². The second-order valence-electron chi connectivity index (χ2n) is 11.5. The van der Waals surface area contributed by atoms with Crippen molar-refractivity contribution in [3.8, 4) is 34.0 Å². The minimum absolute atomic E-state index is 0.762. The Hall–Kier alpha value is -5.72. The fourth-order valence-electron chi connectivity index (χ4n) is 7.71. The molecule has 0 saturated heterocycles. The van der Waals surface area contributed by atoms with Crippen LogP contribution in [0.2, 0.25) is 0 Å². The van der Waals surface area contributed by atoms with Crippen LogP contribution in [0.5, 0.6) is 11.5 Å². The maximum absolute atomic E-state index is 6.59. The van der Waals surface area contributed by atoms with E-state index in [4.69, 9.17) is 9.72 Å². The molecule has 3 aromatic heterocycles. The molecule has 6 heteroatoms. The van der Waals surface area contributed by atoms with E-state index in [1.807, 2.05) is 53.5 Å². The number of nitrogens with zero attached hydrogens (tertiary/aromatic N) is 4. The predicted octanol–water partition coefficient (Wildman–Crippen LogP) is 5.83. The number of aromatic nitrogens is 4. The Morgan fingerprint density at radius 3 is 2.14 bits per heavy atom. The number of benzene rings is 5. The zero-order valence-corrected chi connectivity index (χ0v) is 24.6. The normalized spacial score (nSPS) is 13.6. The summed E-state index contributed by atoms with van der Waals surface area (Å²) in [5.41, 5.74) is 7.00. The lowest BCUT2D eigenvalue weighted by atomic mass is 10.1. The van der Waals surface area contributed by atoms with Gasteiger partial charge in [-0.25, -0.2) is 9.67 Å². The van der Waals surface area contributed by atoms with Crippen LogP contribution in [-0.2, 0) is 0 Å². The molecular weight excluding hydrogens is 557 g/mol. The molecule has 5 nitrogen and oxygen atoms in total. The second kappa shape index (κ2) is 8.66. The van der Waals surface area contributed by atoms with E-state index in [0.29, 0.717) is 0 Å². The third-order valence-electron chi connectivity index (χ3n) is 9.34. The predicted molar refractivity (Wildman–Crippen MR) is 178 cm³/mol. The lowest BCUT2D eigenvalue weighted by molar-refractivity contribution is 0.482. The molecule has 0 fully saturated rings. The summed E-state index contributed by atoms with van der Waals surface area (Å²) in [6.07, 6.45) is 5.61. The Morgan fingerprint density at radius 1 is 0.568 bits per heavy atom. The van der Waals surface area contributed by atoms with Gasteiger partial charge in [-0.2, -0.15) is 5.10 Å². The van der Waals surface area contributed by atoms with Gasteiger partial charge in [-0.05, 0) is 68.3 Å². The molecule has 44 heavy (non-hydrogen) atoms. The molecule has 10 rings (SSSR count). The number of fused-ring (bicyclic) bond motifs is 12. The zero-order valence-electron chi connectivity index (χ0n) is 23.6. The average Bonchev–Trinajstić information content (AvgIpc) is 3.80. The van der Waals surface area contributed by atoms with E-state index in [0.717, 1.165) is 28.5 Å². The van der Waals surface area contributed by atoms with Gasteiger partial charge in [0.2, 0.25) is 0 Å². The lowest BCUT2D eigenvalue weighted by Gasteiger charge is -2.37. The number of ether oxygens (including phenoxy) is 1. The summed E-state index contributed by atoms with van der Waals surface area (Å²) in [6, 6.07) is 45.8. The first kappa shape index (κ1) is 23.8. The van der Waals surface area contributed by atoms with E-state index in [2.05, 4.69) is 101 Å². The summed E-state index contributed by atoms with van der Waals surface area (Å²) in [6.45, 7) is 0. The molecule has 2 aliphatic heterocycles. The first-order valence-electron chi connectivity index (χ1n) is 14.8. The fraction of sp³-hybridized carbons (Fsp3) is 0. The summed E-state index contributed by atoms with van der Waals surface area (Å²) >= 11 is 0. The lowest BCUT2D eigenvalue weighted by Crippen LogP contribution is -2.75. The van der Waals surface area contributed by atoms with E-state index in [1.54, 1.807) is 6.20 Å². The summed E-state index contributed by atoms with van der Waals surface area (Å²) in [4.78, 5) is 4.95. The summed E-state index contributed by atoms with van der Waals surface area (Å²) in [5.74, 6) is 1.55. The van der Waals surface area contributed by atoms with E-state index in [9.17, 15) is 0 Å². The van der Waals surface area contributed by atoms with Gasteiger partial charge in [0.05, 0.1) is 16.9 Å². The van der Waals surface area contributed by atoms with Gasteiger partial charge in [-0.3, -0.25) is 4.57 Å². The minimum atomic E-state index is -2.67. The molecule has 0 bridgehead atoms. The molecule has 0 aliphatic carbocycles. The van der Waals surface area contributed by atoms with Crippen molar-refractivity contribution in [2.24, 2.45) is 0 Å². The Bertz CT molecular complexity index is 2400. The van der Waals surface area contributed by atoms with Gasteiger partial charge in [0.1, 0.15) is 17.1 Å². The van der Waals surface area contributed by atoms with Crippen LogP contribution in [0.25, 0.3) is 44.4 Å². The average molecular weight is 581 g/mol. The summed E-state index contributed by atoms with van der Waals surface area (Å²) in [5, 5.41) is 12.5. The third-order valence-corrected chi connectivity index (χ3v) is 14.3. The second-order valence-corrected chi connectivity index (χ2v) is 15.1. The van der Waals surface area contributed by atoms with Crippen LogP contribution in [0.1, 0.15) is 0 Å². The van der Waals surface area contributed by atoms with Crippen molar-refractivity contribution in [2.75, 3.05) is 0 Å². The molecule has 0 N–H and O–H groups in total. The number of rotatable bonds is 3. The molecule has 5 aromatic carbocycles. The van der Waals surface area contributed by atoms with Gasteiger partial charge >= 0.3 is 0 Å². The quantitative estimate of drug-likeness (QED) is 0.247. The van der Waals surface area contributed by atoms with Gasteiger partial charge in [0.25, 0.3) is 0 Å². The Morgan fingerprint density at radius 2 is 1.32 bits per heavy atom. The van der Waals surface area contributed by atoms with Crippen LogP contribution >= 0.6 is 0 Å². The molecular formula is C38H24N4OSi. The van der Waals surface area contributed by atoms with Crippen molar-refractivity contribution in [3.05, 3.63) is 146 Å². The summed E-state index contributed by atoms with van der Waals surface area (Å²) < 4.78 is 10.8. The fourth-order valence-corrected chi connectivity index (χ4v) is 13.2. The zero-order chi connectivity index (χ0) is 28.8. The van der Waals surface area contributed by atoms with Crippen molar-refractivity contribution < 1.29 is 4.74 Å². The first-order valence-corrected chi connectivity index (χ1v) is 16.8. The number of pyridine rings is 1. The molecule has 1 spiro atoms. The SMILES string of the molecule is c1cc(Oc2ccc3c(c2)-n2c4ncccc4c4cccc(c42)[Si]32c3ccccc3-c3ccccc32)cc(-n2cccn2)c1. The van der Waals surface area contributed by atoms with Crippen LogP contribution in [0.4, 0.5) is 0 Å². The van der Waals surface area contributed by atoms with Gasteiger partial charge in [-0.15, -0.1) is 0 Å². The molecule has 5 heterocycles. The van der Waals surface area contributed by atoms with Crippen molar-refractivity contribution in [3.63, 3.8) is 0 Å². The van der Waals surface area contributed by atoms with Crippen molar-refractivity contribution in [1.29, 1.82) is 0 Å². The smallest absolute Gasteiger partial charge is 0.185 e. The summed E-state index contributed by atoms with van der Waals surface area (Å²) in [7, 11) is -2.67. The molecule has 0 saturated carbocycles. The Labute approximate surface area is 254 Å². The van der Waals surface area contributed by atoms with Crippen LogP contribution in [-0.4, -0.2) is 27.4 Å². The Balaban J connectivity index is 1.28. The highest BCUT2D eigenvalue weighted by atomic mass is 28.3. The maximum Gasteiger partial charge on any atom is 0.185 e. The standard InChI is InChI=1S/C38H24N4OSi/c1-3-15-33-28(11-1)29-12-2-4-16-34(29)44(33)35-19-18-27(43-26-10-5-9-25(23-26)41-22-8-21-40-41)24-32(35)42-37-30(13-6-17-36(37)44)31-14-7-20-39-38(31)42/h1-24H. The highest BCUT2D eigenvalue weighted by Gasteiger charge is 2.53. The van der Waals surface area contributed by atoms with E-state index >= 15 is 0 Å². The highest BCUT2D eigenvalue weighted by Crippen LogP contribution is 2.39. The van der Waals surface area contributed by atoms with Crippen LogP contribution in [0.15, 0.2) is 146 Å².